The van der Waals surface area contributed by atoms with Gasteiger partial charge in [-0.15, -0.1) is 0 Å². The standard InChI is InChI=1S/C29H24F3N3O3/c1-37-21-7-5-6-18(14-21)25(34-24-12-10-19(17-33)22-8-3-4-9-23(22)24)16-28(36)35-26-15-20(29(30,31)32)11-13-27(26)38-2/h3-15,25,34H,16H2,1-2H3,(H,35,36)/t25-/m1/s1. The van der Waals surface area contributed by atoms with Gasteiger partial charge < -0.3 is 20.1 Å². The van der Waals surface area contributed by atoms with Crippen LogP contribution in [0.5, 0.6) is 11.5 Å². The molecule has 2 N–H and O–H groups in total. The fraction of sp³-hybridized carbons (Fsp3) is 0.172. The summed E-state index contributed by atoms with van der Waals surface area (Å²) in [5.41, 5.74) is 0.944. The lowest BCUT2D eigenvalue weighted by molar-refractivity contribution is -0.137. The zero-order chi connectivity index (χ0) is 27.3. The van der Waals surface area contributed by atoms with Crippen molar-refractivity contribution in [3.05, 3.63) is 95.6 Å². The molecule has 1 amide bonds. The van der Waals surface area contributed by atoms with Gasteiger partial charge in [0.2, 0.25) is 5.91 Å². The Morgan fingerprint density at radius 3 is 2.37 bits per heavy atom. The van der Waals surface area contributed by atoms with Gasteiger partial charge in [0.1, 0.15) is 11.5 Å². The van der Waals surface area contributed by atoms with Gasteiger partial charge in [-0.1, -0.05) is 36.4 Å². The highest BCUT2D eigenvalue weighted by Crippen LogP contribution is 2.36. The molecule has 9 heteroatoms. The molecule has 0 aromatic heterocycles. The molecular formula is C29H24F3N3O3. The van der Waals surface area contributed by atoms with Gasteiger partial charge in [-0.25, -0.2) is 0 Å². The summed E-state index contributed by atoms with van der Waals surface area (Å²) < 4.78 is 50.3. The van der Waals surface area contributed by atoms with Crippen molar-refractivity contribution < 1.29 is 27.4 Å². The molecule has 1 atom stereocenters. The van der Waals surface area contributed by atoms with Gasteiger partial charge in [-0.2, -0.15) is 18.4 Å². The van der Waals surface area contributed by atoms with E-state index in [4.69, 9.17) is 9.47 Å². The van der Waals surface area contributed by atoms with Crippen LogP contribution in [0, 0.1) is 11.3 Å². The van der Waals surface area contributed by atoms with E-state index < -0.39 is 23.7 Å². The summed E-state index contributed by atoms with van der Waals surface area (Å²) >= 11 is 0. The van der Waals surface area contributed by atoms with E-state index in [0.29, 0.717) is 17.0 Å². The fourth-order valence-electron chi connectivity index (χ4n) is 4.19. The van der Waals surface area contributed by atoms with E-state index in [1.54, 1.807) is 30.3 Å². The van der Waals surface area contributed by atoms with Crippen molar-refractivity contribution in [3.8, 4) is 17.6 Å². The fourth-order valence-corrected chi connectivity index (χ4v) is 4.19. The van der Waals surface area contributed by atoms with Crippen LogP contribution in [0.3, 0.4) is 0 Å². The quantitative estimate of drug-likeness (QED) is 0.264. The molecular weight excluding hydrogens is 495 g/mol. The van der Waals surface area contributed by atoms with Gasteiger partial charge in [-0.3, -0.25) is 4.79 Å². The van der Waals surface area contributed by atoms with E-state index in [1.165, 1.54) is 20.3 Å². The van der Waals surface area contributed by atoms with Gasteiger partial charge in [-0.05, 0) is 48.0 Å². The van der Waals surface area contributed by atoms with Crippen molar-refractivity contribution in [2.45, 2.75) is 18.6 Å². The molecule has 6 nitrogen and oxygen atoms in total. The van der Waals surface area contributed by atoms with E-state index in [-0.39, 0.29) is 17.9 Å². The molecule has 0 bridgehead atoms. The summed E-state index contributed by atoms with van der Waals surface area (Å²) in [6, 6.07) is 22.5. The highest BCUT2D eigenvalue weighted by molar-refractivity contribution is 5.98. The molecule has 38 heavy (non-hydrogen) atoms. The van der Waals surface area contributed by atoms with Gasteiger partial charge in [0.05, 0.1) is 49.6 Å². The summed E-state index contributed by atoms with van der Waals surface area (Å²) in [4.78, 5) is 13.2. The first-order valence-electron chi connectivity index (χ1n) is 11.6. The highest BCUT2D eigenvalue weighted by Gasteiger charge is 2.31. The van der Waals surface area contributed by atoms with E-state index >= 15 is 0 Å². The SMILES string of the molecule is COc1cccc([C@@H](CC(=O)Nc2cc(C(F)(F)F)ccc2OC)Nc2ccc(C#N)c3ccccc23)c1. The number of benzene rings is 4. The predicted molar refractivity (Wildman–Crippen MR) is 139 cm³/mol. The Morgan fingerprint density at radius 1 is 0.921 bits per heavy atom. The smallest absolute Gasteiger partial charge is 0.416 e. The van der Waals surface area contributed by atoms with Crippen molar-refractivity contribution in [1.82, 2.24) is 0 Å². The molecule has 0 heterocycles. The van der Waals surface area contributed by atoms with E-state index in [1.807, 2.05) is 30.3 Å². The molecule has 0 spiro atoms. The van der Waals surface area contributed by atoms with E-state index in [2.05, 4.69) is 16.7 Å². The third-order valence-corrected chi connectivity index (χ3v) is 6.06. The minimum Gasteiger partial charge on any atom is -0.497 e. The van der Waals surface area contributed by atoms with Gasteiger partial charge in [0.25, 0.3) is 0 Å². The van der Waals surface area contributed by atoms with Crippen LogP contribution < -0.4 is 20.1 Å². The summed E-state index contributed by atoms with van der Waals surface area (Å²) in [6.07, 6.45) is -4.70. The van der Waals surface area contributed by atoms with Crippen molar-refractivity contribution in [1.29, 1.82) is 5.26 Å². The molecule has 0 aliphatic heterocycles. The number of methoxy groups -OCH3 is 2. The number of carbonyl (C=O) groups excluding carboxylic acids is 1. The zero-order valence-corrected chi connectivity index (χ0v) is 20.6. The third kappa shape index (κ3) is 5.81. The van der Waals surface area contributed by atoms with Crippen molar-refractivity contribution in [2.75, 3.05) is 24.9 Å². The number of rotatable bonds is 8. The molecule has 0 radical (unpaired) electrons. The van der Waals surface area contributed by atoms with Crippen LogP contribution in [0.1, 0.15) is 29.2 Å². The summed E-state index contributed by atoms with van der Waals surface area (Å²) in [7, 11) is 2.84. The Labute approximate surface area is 217 Å². The Balaban J connectivity index is 1.68. The lowest BCUT2D eigenvalue weighted by Gasteiger charge is -2.22. The molecule has 0 fully saturated rings. The number of halogens is 3. The summed E-state index contributed by atoms with van der Waals surface area (Å²) in [6.45, 7) is 0. The van der Waals surface area contributed by atoms with Gasteiger partial charge in [0, 0.05) is 16.5 Å². The molecule has 4 rings (SSSR count). The first kappa shape index (κ1) is 26.4. The number of hydrogen-bond donors (Lipinski definition) is 2. The Hall–Kier alpha value is -4.71. The normalized spacial score (nSPS) is 11.9. The maximum absolute atomic E-state index is 13.3. The molecule has 0 saturated heterocycles. The topological polar surface area (TPSA) is 83.4 Å². The number of alkyl halides is 3. The highest BCUT2D eigenvalue weighted by atomic mass is 19.4. The summed E-state index contributed by atoms with van der Waals surface area (Å²) in [5.74, 6) is 0.162. The Morgan fingerprint density at radius 2 is 1.68 bits per heavy atom. The van der Waals surface area contributed by atoms with Crippen LogP contribution in [0.4, 0.5) is 24.5 Å². The number of carbonyl (C=O) groups is 1. The third-order valence-electron chi connectivity index (χ3n) is 6.06. The second-order valence-electron chi connectivity index (χ2n) is 8.46. The van der Waals surface area contributed by atoms with E-state index in [9.17, 15) is 23.2 Å². The van der Waals surface area contributed by atoms with Crippen LogP contribution in [-0.4, -0.2) is 20.1 Å². The zero-order valence-electron chi connectivity index (χ0n) is 20.6. The molecule has 0 aliphatic carbocycles. The minimum absolute atomic E-state index is 0.0828. The molecule has 4 aromatic carbocycles. The van der Waals surface area contributed by atoms with Crippen molar-refractivity contribution >= 4 is 28.1 Å². The minimum atomic E-state index is -4.58. The van der Waals surface area contributed by atoms with Crippen molar-refractivity contribution in [2.24, 2.45) is 0 Å². The number of amides is 1. The van der Waals surface area contributed by atoms with Crippen LogP contribution in [0.2, 0.25) is 0 Å². The van der Waals surface area contributed by atoms with Gasteiger partial charge in [0.15, 0.2) is 0 Å². The number of hydrogen-bond acceptors (Lipinski definition) is 5. The largest absolute Gasteiger partial charge is 0.497 e. The molecule has 0 unspecified atom stereocenters. The predicted octanol–water partition coefficient (Wildman–Crippen LogP) is 6.93. The number of nitriles is 1. The molecule has 0 aliphatic rings. The Bertz CT molecular complexity index is 1510. The average Bonchev–Trinajstić information content (AvgIpc) is 2.92. The van der Waals surface area contributed by atoms with Crippen LogP contribution in [-0.2, 0) is 11.0 Å². The van der Waals surface area contributed by atoms with E-state index in [0.717, 1.165) is 28.5 Å². The Kier molecular flexibility index (Phi) is 7.72. The average molecular weight is 520 g/mol. The second kappa shape index (κ2) is 11.1. The van der Waals surface area contributed by atoms with Crippen LogP contribution in [0.25, 0.3) is 10.8 Å². The lowest BCUT2D eigenvalue weighted by Crippen LogP contribution is -2.21. The maximum Gasteiger partial charge on any atom is 0.416 e. The molecule has 0 saturated carbocycles. The van der Waals surface area contributed by atoms with Gasteiger partial charge >= 0.3 is 6.18 Å². The van der Waals surface area contributed by atoms with Crippen LogP contribution >= 0.6 is 0 Å². The molecule has 4 aromatic rings. The van der Waals surface area contributed by atoms with Crippen molar-refractivity contribution in [3.63, 3.8) is 0 Å². The number of ether oxygens (including phenoxy) is 2. The monoisotopic (exact) mass is 519 g/mol. The lowest BCUT2D eigenvalue weighted by atomic mass is 9.99. The number of nitrogens with zero attached hydrogens (tertiary/aromatic N) is 1. The first-order valence-corrected chi connectivity index (χ1v) is 11.6. The molecule has 194 valence electrons. The number of fused-ring (bicyclic) bond motifs is 1. The number of anilines is 2. The second-order valence-corrected chi connectivity index (χ2v) is 8.46. The number of nitrogens with one attached hydrogen (secondary N) is 2. The summed E-state index contributed by atoms with van der Waals surface area (Å²) in [5, 5.41) is 17.0. The van der Waals surface area contributed by atoms with Crippen LogP contribution in [0.15, 0.2) is 78.9 Å². The maximum atomic E-state index is 13.3. The first-order chi connectivity index (χ1) is 18.2.